The molecule has 0 radical (unpaired) electrons. The Morgan fingerprint density at radius 3 is 2.35 bits per heavy atom. The molecule has 0 aliphatic rings. The van der Waals surface area contributed by atoms with E-state index in [1.54, 1.807) is 13.8 Å². The first-order chi connectivity index (χ1) is 14.4. The highest BCUT2D eigenvalue weighted by Gasteiger charge is 2.31. The minimum absolute atomic E-state index is 0.00715. The molecule has 1 aromatic heterocycles. The molecule has 0 aliphatic heterocycles. The molecule has 0 aliphatic carbocycles. The van der Waals surface area contributed by atoms with Gasteiger partial charge in [0.05, 0.1) is 22.3 Å². The zero-order chi connectivity index (χ0) is 23.0. The van der Waals surface area contributed by atoms with Crippen LogP contribution in [-0.2, 0) is 16.2 Å². The number of nitrogens with one attached hydrogen (secondary N) is 1. The van der Waals surface area contributed by atoms with E-state index in [2.05, 4.69) is 9.82 Å². The molecule has 3 aromatic rings. The summed E-state index contributed by atoms with van der Waals surface area (Å²) < 4.78 is 68.3. The number of carbonyl (C=O) groups excluding carboxylic acids is 1. The fourth-order valence-electron chi connectivity index (χ4n) is 3.15. The van der Waals surface area contributed by atoms with Gasteiger partial charge in [0.1, 0.15) is 0 Å². The number of ketones is 1. The van der Waals surface area contributed by atoms with Gasteiger partial charge in [-0.3, -0.25) is 4.79 Å². The summed E-state index contributed by atoms with van der Waals surface area (Å²) in [7, 11) is -3.90. The fourth-order valence-corrected chi connectivity index (χ4v) is 4.38. The molecule has 3 rings (SSSR count). The summed E-state index contributed by atoms with van der Waals surface area (Å²) in [5, 5.41) is 4.14. The van der Waals surface area contributed by atoms with E-state index in [0.717, 1.165) is 12.1 Å². The molecular formula is C21H20F3N3O3S. The van der Waals surface area contributed by atoms with Gasteiger partial charge in [0.25, 0.3) is 0 Å². The van der Waals surface area contributed by atoms with Gasteiger partial charge in [-0.2, -0.15) is 18.3 Å². The summed E-state index contributed by atoms with van der Waals surface area (Å²) in [6.45, 7) is 4.64. The molecular weight excluding hydrogens is 431 g/mol. The number of aromatic nitrogens is 2. The lowest BCUT2D eigenvalue weighted by Crippen LogP contribution is -2.27. The van der Waals surface area contributed by atoms with Crippen molar-refractivity contribution in [2.75, 3.05) is 0 Å². The van der Waals surface area contributed by atoms with Crippen molar-refractivity contribution in [1.29, 1.82) is 0 Å². The molecule has 0 spiro atoms. The Kier molecular flexibility index (Phi) is 6.06. The summed E-state index contributed by atoms with van der Waals surface area (Å²) in [5.41, 5.74) is 0.825. The average molecular weight is 451 g/mol. The topological polar surface area (TPSA) is 81.1 Å². The summed E-state index contributed by atoms with van der Waals surface area (Å²) in [6, 6.07) is 9.57. The van der Waals surface area contributed by atoms with E-state index in [-0.39, 0.29) is 16.4 Å². The number of hydrogen-bond donors (Lipinski definition) is 1. The number of rotatable bonds is 6. The highest BCUT2D eigenvalue weighted by atomic mass is 32.2. The lowest BCUT2D eigenvalue weighted by Gasteiger charge is -2.15. The minimum atomic E-state index is -4.49. The molecule has 0 fully saturated rings. The Balaban J connectivity index is 1.86. The molecule has 0 saturated heterocycles. The first kappa shape index (κ1) is 22.7. The Labute approximate surface area is 177 Å². The van der Waals surface area contributed by atoms with Crippen molar-refractivity contribution in [2.24, 2.45) is 0 Å². The molecule has 6 nitrogen and oxygen atoms in total. The lowest BCUT2D eigenvalue weighted by atomic mass is 10.1. The van der Waals surface area contributed by atoms with Crippen LogP contribution in [0.25, 0.3) is 5.69 Å². The van der Waals surface area contributed by atoms with Crippen molar-refractivity contribution in [3.05, 3.63) is 77.1 Å². The minimum Gasteiger partial charge on any atom is -0.295 e. The van der Waals surface area contributed by atoms with Gasteiger partial charge in [-0.25, -0.2) is 17.8 Å². The molecule has 1 atom stereocenters. The van der Waals surface area contributed by atoms with Crippen LogP contribution in [0.4, 0.5) is 13.2 Å². The Morgan fingerprint density at radius 2 is 1.77 bits per heavy atom. The van der Waals surface area contributed by atoms with Crippen molar-refractivity contribution >= 4 is 15.8 Å². The van der Waals surface area contributed by atoms with Crippen molar-refractivity contribution in [3.63, 3.8) is 0 Å². The van der Waals surface area contributed by atoms with E-state index in [4.69, 9.17) is 0 Å². The maximum Gasteiger partial charge on any atom is 0.416 e. The van der Waals surface area contributed by atoms with Gasteiger partial charge in [-0.05, 0) is 51.1 Å². The van der Waals surface area contributed by atoms with Gasteiger partial charge in [-0.1, -0.05) is 18.2 Å². The fraction of sp³-hybridized carbons (Fsp3) is 0.238. The van der Waals surface area contributed by atoms with Gasteiger partial charge in [0.2, 0.25) is 10.0 Å². The maximum absolute atomic E-state index is 13.0. The van der Waals surface area contributed by atoms with Gasteiger partial charge in [0.15, 0.2) is 5.78 Å². The highest BCUT2D eigenvalue weighted by molar-refractivity contribution is 7.89. The predicted molar refractivity (Wildman–Crippen MR) is 108 cm³/mol. The van der Waals surface area contributed by atoms with Crippen LogP contribution in [0.1, 0.15) is 47.1 Å². The Morgan fingerprint density at radius 1 is 1.13 bits per heavy atom. The number of hydrogen-bond acceptors (Lipinski definition) is 4. The maximum atomic E-state index is 13.0. The van der Waals surface area contributed by atoms with E-state index in [9.17, 15) is 26.4 Å². The van der Waals surface area contributed by atoms with E-state index >= 15 is 0 Å². The summed E-state index contributed by atoms with van der Waals surface area (Å²) in [4.78, 5) is 11.4. The number of carbonyl (C=O) groups is 1. The molecule has 0 bridgehead atoms. The lowest BCUT2D eigenvalue weighted by molar-refractivity contribution is -0.137. The van der Waals surface area contributed by atoms with Crippen molar-refractivity contribution in [3.8, 4) is 5.69 Å². The molecule has 164 valence electrons. The van der Waals surface area contributed by atoms with Crippen LogP contribution in [0.3, 0.4) is 0 Å². The SMILES string of the molecule is CC(=O)c1ccc(S(=O)(=O)NC(C)c2cnn(-c3cccc(C(F)(F)F)c3)c2C)cc1. The largest absolute Gasteiger partial charge is 0.416 e. The number of nitrogens with zero attached hydrogens (tertiary/aromatic N) is 2. The van der Waals surface area contributed by atoms with Crippen molar-refractivity contribution < 1.29 is 26.4 Å². The zero-order valence-corrected chi connectivity index (χ0v) is 17.8. The van der Waals surface area contributed by atoms with Crippen LogP contribution in [0.2, 0.25) is 0 Å². The molecule has 10 heteroatoms. The molecule has 2 aromatic carbocycles. The number of sulfonamides is 1. The second kappa shape index (κ2) is 8.27. The second-order valence-corrected chi connectivity index (χ2v) is 8.78. The third-order valence-corrected chi connectivity index (χ3v) is 6.39. The van der Waals surface area contributed by atoms with Crippen LogP contribution in [0.5, 0.6) is 0 Å². The van der Waals surface area contributed by atoms with Crippen molar-refractivity contribution in [2.45, 2.75) is 37.9 Å². The Hall–Kier alpha value is -2.98. The van der Waals surface area contributed by atoms with Gasteiger partial charge in [0, 0.05) is 22.9 Å². The van der Waals surface area contributed by atoms with E-state index in [1.165, 1.54) is 54.2 Å². The van der Waals surface area contributed by atoms with Gasteiger partial charge in [-0.15, -0.1) is 0 Å². The smallest absolute Gasteiger partial charge is 0.295 e. The van der Waals surface area contributed by atoms with Gasteiger partial charge < -0.3 is 0 Å². The third-order valence-electron chi connectivity index (χ3n) is 4.84. The van der Waals surface area contributed by atoms with Crippen LogP contribution >= 0.6 is 0 Å². The quantitative estimate of drug-likeness (QED) is 0.562. The van der Waals surface area contributed by atoms with Crippen LogP contribution in [0, 0.1) is 6.92 Å². The highest BCUT2D eigenvalue weighted by Crippen LogP contribution is 2.31. The number of halogens is 3. The van der Waals surface area contributed by atoms with Gasteiger partial charge >= 0.3 is 6.18 Å². The first-order valence-corrected chi connectivity index (χ1v) is 10.7. The normalized spacial score (nSPS) is 13.2. The van der Waals surface area contributed by atoms with Crippen LogP contribution in [-0.4, -0.2) is 24.0 Å². The summed E-state index contributed by atoms with van der Waals surface area (Å²) in [6.07, 6.45) is -3.07. The Bertz CT molecular complexity index is 1220. The molecule has 0 saturated carbocycles. The number of benzene rings is 2. The molecule has 31 heavy (non-hydrogen) atoms. The monoisotopic (exact) mass is 451 g/mol. The van der Waals surface area contributed by atoms with Crippen molar-refractivity contribution in [1.82, 2.24) is 14.5 Å². The number of alkyl halides is 3. The second-order valence-electron chi connectivity index (χ2n) is 7.07. The molecule has 1 N–H and O–H groups in total. The molecule has 1 unspecified atom stereocenters. The zero-order valence-electron chi connectivity index (χ0n) is 16.9. The van der Waals surface area contributed by atoms with Crippen LogP contribution in [0.15, 0.2) is 59.6 Å². The van der Waals surface area contributed by atoms with Crippen LogP contribution < -0.4 is 4.72 Å². The van der Waals surface area contributed by atoms with E-state index in [1.807, 2.05) is 0 Å². The number of Topliss-reactive ketones (excluding diaryl/α,β-unsaturated/α-hetero) is 1. The molecule has 1 heterocycles. The third kappa shape index (κ3) is 4.86. The standard InChI is InChI=1S/C21H20F3N3O3S/c1-13(26-31(29,30)19-9-7-16(8-10-19)15(3)28)20-12-25-27(14(20)2)18-6-4-5-17(11-18)21(22,23)24/h4-13,26H,1-3H3. The van der Waals surface area contributed by atoms with E-state index < -0.39 is 27.8 Å². The molecule has 0 amide bonds. The summed E-state index contributed by atoms with van der Waals surface area (Å²) >= 11 is 0. The predicted octanol–water partition coefficient (Wildman–Crippen LogP) is 4.44. The van der Waals surface area contributed by atoms with E-state index in [0.29, 0.717) is 16.8 Å². The first-order valence-electron chi connectivity index (χ1n) is 9.25. The average Bonchev–Trinajstić information content (AvgIpc) is 3.08. The summed E-state index contributed by atoms with van der Waals surface area (Å²) in [5.74, 6) is -0.178.